The Morgan fingerprint density at radius 1 is 1.50 bits per heavy atom. The number of carbonyl (C=O) groups is 2. The molecule has 2 N–H and O–H groups in total. The SMILES string of the molecule is CC(C)C1(NC(=O)CNC(=O)c2cscn2)CC1. The molecule has 1 aromatic rings. The highest BCUT2D eigenvalue weighted by Crippen LogP contribution is 2.41. The fourth-order valence-electron chi connectivity index (χ4n) is 1.88. The van der Waals surface area contributed by atoms with Crippen molar-refractivity contribution in [3.63, 3.8) is 0 Å². The van der Waals surface area contributed by atoms with Crippen LogP contribution in [-0.2, 0) is 4.79 Å². The van der Waals surface area contributed by atoms with Gasteiger partial charge in [-0.05, 0) is 18.8 Å². The molecule has 18 heavy (non-hydrogen) atoms. The van der Waals surface area contributed by atoms with E-state index in [0.29, 0.717) is 11.6 Å². The number of nitrogens with one attached hydrogen (secondary N) is 2. The van der Waals surface area contributed by atoms with Crippen LogP contribution in [0.2, 0.25) is 0 Å². The average molecular weight is 267 g/mol. The summed E-state index contributed by atoms with van der Waals surface area (Å²) in [5.41, 5.74) is 1.91. The summed E-state index contributed by atoms with van der Waals surface area (Å²) in [5.74, 6) is -0.0127. The number of aromatic nitrogens is 1. The summed E-state index contributed by atoms with van der Waals surface area (Å²) in [5, 5.41) is 7.22. The Bertz CT molecular complexity index is 438. The van der Waals surface area contributed by atoms with Crippen LogP contribution in [0.15, 0.2) is 10.9 Å². The van der Waals surface area contributed by atoms with Gasteiger partial charge in [0.25, 0.3) is 5.91 Å². The third kappa shape index (κ3) is 2.87. The molecule has 0 bridgehead atoms. The van der Waals surface area contributed by atoms with Crippen molar-refractivity contribution < 1.29 is 9.59 Å². The first-order valence-corrected chi connectivity index (χ1v) is 6.95. The zero-order valence-corrected chi connectivity index (χ0v) is 11.3. The summed E-state index contributed by atoms with van der Waals surface area (Å²) in [6.07, 6.45) is 2.05. The molecule has 1 aromatic heterocycles. The van der Waals surface area contributed by atoms with Gasteiger partial charge in [-0.15, -0.1) is 11.3 Å². The summed E-state index contributed by atoms with van der Waals surface area (Å²) >= 11 is 1.35. The highest BCUT2D eigenvalue weighted by molar-refractivity contribution is 7.07. The number of hydrogen-bond acceptors (Lipinski definition) is 4. The van der Waals surface area contributed by atoms with E-state index in [1.807, 2.05) is 0 Å². The minimum Gasteiger partial charge on any atom is -0.349 e. The fourth-order valence-corrected chi connectivity index (χ4v) is 2.41. The predicted molar refractivity (Wildman–Crippen MR) is 69.4 cm³/mol. The summed E-state index contributed by atoms with van der Waals surface area (Å²) in [6, 6.07) is 0. The molecular weight excluding hydrogens is 250 g/mol. The lowest BCUT2D eigenvalue weighted by molar-refractivity contribution is -0.121. The van der Waals surface area contributed by atoms with Crippen LogP contribution >= 0.6 is 11.3 Å². The Morgan fingerprint density at radius 2 is 2.22 bits per heavy atom. The summed E-state index contributed by atoms with van der Waals surface area (Å²) in [6.45, 7) is 4.20. The normalized spacial score (nSPS) is 16.4. The lowest BCUT2D eigenvalue weighted by Crippen LogP contribution is -2.45. The molecule has 1 saturated carbocycles. The van der Waals surface area contributed by atoms with Crippen LogP contribution in [0.5, 0.6) is 0 Å². The average Bonchev–Trinajstić information content (AvgIpc) is 2.91. The summed E-state index contributed by atoms with van der Waals surface area (Å²) in [7, 11) is 0. The molecule has 6 heteroatoms. The molecule has 0 unspecified atom stereocenters. The highest BCUT2D eigenvalue weighted by Gasteiger charge is 2.46. The molecule has 1 fully saturated rings. The maximum Gasteiger partial charge on any atom is 0.271 e. The quantitative estimate of drug-likeness (QED) is 0.841. The number of rotatable bonds is 5. The molecular formula is C12H17N3O2S. The van der Waals surface area contributed by atoms with Gasteiger partial charge in [-0.25, -0.2) is 4.98 Å². The van der Waals surface area contributed by atoms with Crippen molar-refractivity contribution in [2.24, 2.45) is 5.92 Å². The zero-order chi connectivity index (χ0) is 13.2. The van der Waals surface area contributed by atoms with Crippen LogP contribution in [0.25, 0.3) is 0 Å². The van der Waals surface area contributed by atoms with E-state index in [1.165, 1.54) is 11.3 Å². The topological polar surface area (TPSA) is 71.1 Å². The fraction of sp³-hybridized carbons (Fsp3) is 0.583. The van der Waals surface area contributed by atoms with Crippen LogP contribution in [0, 0.1) is 5.92 Å². The second-order valence-corrected chi connectivity index (χ2v) is 5.63. The van der Waals surface area contributed by atoms with E-state index >= 15 is 0 Å². The third-order valence-corrected chi connectivity index (χ3v) is 3.94. The van der Waals surface area contributed by atoms with Gasteiger partial charge in [0.05, 0.1) is 12.1 Å². The van der Waals surface area contributed by atoms with Crippen LogP contribution < -0.4 is 10.6 Å². The molecule has 0 aromatic carbocycles. The van der Waals surface area contributed by atoms with E-state index < -0.39 is 0 Å². The number of amides is 2. The van der Waals surface area contributed by atoms with Gasteiger partial charge in [-0.3, -0.25) is 9.59 Å². The minimum absolute atomic E-state index is 0.00479. The van der Waals surface area contributed by atoms with Crippen molar-refractivity contribution in [1.29, 1.82) is 0 Å². The molecule has 0 saturated heterocycles. The van der Waals surface area contributed by atoms with E-state index in [4.69, 9.17) is 0 Å². The smallest absolute Gasteiger partial charge is 0.271 e. The van der Waals surface area contributed by atoms with Gasteiger partial charge in [0.1, 0.15) is 5.69 Å². The Labute approximate surface area is 110 Å². The molecule has 1 aliphatic carbocycles. The minimum atomic E-state index is -0.305. The van der Waals surface area contributed by atoms with Crippen molar-refractivity contribution in [3.05, 3.63) is 16.6 Å². The largest absolute Gasteiger partial charge is 0.349 e. The second-order valence-electron chi connectivity index (χ2n) is 4.92. The van der Waals surface area contributed by atoms with Crippen molar-refractivity contribution in [2.45, 2.75) is 32.2 Å². The molecule has 0 radical (unpaired) electrons. The number of carbonyl (C=O) groups excluding carboxylic acids is 2. The van der Waals surface area contributed by atoms with Gasteiger partial charge in [-0.1, -0.05) is 13.8 Å². The van der Waals surface area contributed by atoms with E-state index in [0.717, 1.165) is 12.8 Å². The van der Waals surface area contributed by atoms with Crippen molar-refractivity contribution >= 4 is 23.2 Å². The van der Waals surface area contributed by atoms with Crippen molar-refractivity contribution in [2.75, 3.05) is 6.54 Å². The lowest BCUT2D eigenvalue weighted by atomic mass is 10.0. The first kappa shape index (κ1) is 13.0. The molecule has 0 spiro atoms. The maximum atomic E-state index is 11.7. The van der Waals surface area contributed by atoms with Gasteiger partial charge < -0.3 is 10.6 Å². The molecule has 5 nitrogen and oxygen atoms in total. The third-order valence-electron chi connectivity index (χ3n) is 3.36. The van der Waals surface area contributed by atoms with E-state index in [1.54, 1.807) is 10.9 Å². The molecule has 2 amide bonds. The van der Waals surface area contributed by atoms with Crippen LogP contribution in [0.3, 0.4) is 0 Å². The molecule has 0 aliphatic heterocycles. The second kappa shape index (κ2) is 5.06. The first-order valence-electron chi connectivity index (χ1n) is 6.01. The standard InChI is InChI=1S/C12H17N3O2S/c1-8(2)12(3-4-12)15-10(16)5-13-11(17)9-6-18-7-14-9/h6-8H,3-5H2,1-2H3,(H,13,17)(H,15,16). The van der Waals surface area contributed by atoms with Gasteiger partial charge in [-0.2, -0.15) is 0 Å². The van der Waals surface area contributed by atoms with E-state index in [-0.39, 0.29) is 23.9 Å². The predicted octanol–water partition coefficient (Wildman–Crippen LogP) is 1.18. The Balaban J connectivity index is 1.77. The summed E-state index contributed by atoms with van der Waals surface area (Å²) < 4.78 is 0. The van der Waals surface area contributed by atoms with Crippen LogP contribution in [0.4, 0.5) is 0 Å². The Hall–Kier alpha value is -1.43. The lowest BCUT2D eigenvalue weighted by Gasteiger charge is -2.21. The summed E-state index contributed by atoms with van der Waals surface area (Å²) in [4.78, 5) is 27.2. The van der Waals surface area contributed by atoms with E-state index in [2.05, 4.69) is 29.5 Å². The number of hydrogen-bond donors (Lipinski definition) is 2. The molecule has 98 valence electrons. The van der Waals surface area contributed by atoms with Gasteiger partial charge in [0.15, 0.2) is 0 Å². The molecule has 1 aliphatic rings. The van der Waals surface area contributed by atoms with Crippen molar-refractivity contribution in [1.82, 2.24) is 15.6 Å². The Kier molecular flexibility index (Phi) is 3.65. The molecule has 2 rings (SSSR count). The Morgan fingerprint density at radius 3 is 2.72 bits per heavy atom. The first-order chi connectivity index (χ1) is 8.53. The maximum absolute atomic E-state index is 11.7. The number of nitrogens with zero attached hydrogens (tertiary/aromatic N) is 1. The molecule has 1 heterocycles. The van der Waals surface area contributed by atoms with Gasteiger partial charge in [0, 0.05) is 10.9 Å². The molecule has 0 atom stereocenters. The zero-order valence-electron chi connectivity index (χ0n) is 10.5. The number of thiazole rings is 1. The van der Waals surface area contributed by atoms with Crippen LogP contribution in [0.1, 0.15) is 37.2 Å². The monoisotopic (exact) mass is 267 g/mol. The van der Waals surface area contributed by atoms with Gasteiger partial charge >= 0.3 is 0 Å². The highest BCUT2D eigenvalue weighted by atomic mass is 32.1. The van der Waals surface area contributed by atoms with Crippen molar-refractivity contribution in [3.8, 4) is 0 Å². The van der Waals surface area contributed by atoms with Crippen LogP contribution in [-0.4, -0.2) is 28.9 Å². The van der Waals surface area contributed by atoms with Gasteiger partial charge in [0.2, 0.25) is 5.91 Å². The van der Waals surface area contributed by atoms with E-state index in [9.17, 15) is 9.59 Å².